The van der Waals surface area contributed by atoms with Crippen LogP contribution in [0.1, 0.15) is 25.8 Å². The quantitative estimate of drug-likeness (QED) is 0.742. The Bertz CT molecular complexity index is 638. The number of fused-ring (bicyclic) bond motifs is 1. The van der Waals surface area contributed by atoms with E-state index in [0.29, 0.717) is 17.7 Å². The van der Waals surface area contributed by atoms with Gasteiger partial charge < -0.3 is 10.4 Å². The van der Waals surface area contributed by atoms with Crippen molar-refractivity contribution >= 4 is 21.6 Å². The molecule has 0 bridgehead atoms. The van der Waals surface area contributed by atoms with E-state index in [1.54, 1.807) is 19.9 Å². The topological polar surface area (TPSA) is 95.5 Å². The summed E-state index contributed by atoms with van der Waals surface area (Å²) in [7, 11) is -3.68. The first-order chi connectivity index (χ1) is 9.23. The van der Waals surface area contributed by atoms with Crippen LogP contribution in [0.2, 0.25) is 0 Å². The average molecular weight is 298 g/mol. The zero-order chi connectivity index (χ0) is 15.0. The van der Waals surface area contributed by atoms with Gasteiger partial charge in [-0.1, -0.05) is 0 Å². The summed E-state index contributed by atoms with van der Waals surface area (Å²) in [5.74, 6) is -0.136. The molecular formula is C13H18N2O4S. The van der Waals surface area contributed by atoms with Gasteiger partial charge in [-0.25, -0.2) is 13.1 Å². The van der Waals surface area contributed by atoms with Gasteiger partial charge in [-0.3, -0.25) is 4.79 Å². The van der Waals surface area contributed by atoms with Crippen LogP contribution in [0.4, 0.5) is 5.69 Å². The van der Waals surface area contributed by atoms with Crippen LogP contribution < -0.4 is 10.0 Å². The summed E-state index contributed by atoms with van der Waals surface area (Å²) in [6.45, 7) is 3.32. The highest BCUT2D eigenvalue weighted by Crippen LogP contribution is 2.26. The minimum absolute atomic E-state index is 0.0991. The standard InChI is InChI=1S/C13H18N2O4S/c1-13(2,5-6-16)15-20(18,19)10-3-4-11-9(7-10)8-12(17)14-11/h3-4,7,15-16H,5-6,8H2,1-2H3,(H,14,17). The van der Waals surface area contributed by atoms with Gasteiger partial charge in [0.05, 0.1) is 11.3 Å². The number of hydrogen-bond donors (Lipinski definition) is 3. The first-order valence-corrected chi connectivity index (χ1v) is 7.79. The number of carbonyl (C=O) groups excluding carboxylic acids is 1. The predicted molar refractivity (Wildman–Crippen MR) is 74.9 cm³/mol. The smallest absolute Gasteiger partial charge is 0.241 e. The molecule has 3 N–H and O–H groups in total. The summed E-state index contributed by atoms with van der Waals surface area (Å²) in [5, 5.41) is 11.6. The Labute approximate surface area is 118 Å². The number of anilines is 1. The minimum Gasteiger partial charge on any atom is -0.396 e. The summed E-state index contributed by atoms with van der Waals surface area (Å²) >= 11 is 0. The van der Waals surface area contributed by atoms with Gasteiger partial charge in [0.2, 0.25) is 15.9 Å². The van der Waals surface area contributed by atoms with Gasteiger partial charge in [-0.05, 0) is 44.0 Å². The molecule has 1 heterocycles. The summed E-state index contributed by atoms with van der Waals surface area (Å²) in [6.07, 6.45) is 0.510. The van der Waals surface area contributed by atoms with Crippen molar-refractivity contribution in [1.82, 2.24) is 4.72 Å². The van der Waals surface area contributed by atoms with Crippen molar-refractivity contribution in [1.29, 1.82) is 0 Å². The van der Waals surface area contributed by atoms with Crippen LogP contribution in [0.25, 0.3) is 0 Å². The Morgan fingerprint density at radius 1 is 1.40 bits per heavy atom. The van der Waals surface area contributed by atoms with Crippen molar-refractivity contribution in [3.8, 4) is 0 Å². The average Bonchev–Trinajstić information content (AvgIpc) is 2.66. The van der Waals surface area contributed by atoms with E-state index < -0.39 is 15.6 Å². The van der Waals surface area contributed by atoms with Gasteiger partial charge in [-0.2, -0.15) is 0 Å². The number of benzene rings is 1. The largest absolute Gasteiger partial charge is 0.396 e. The lowest BCUT2D eigenvalue weighted by atomic mass is 10.0. The van der Waals surface area contributed by atoms with Crippen LogP contribution in [0, 0.1) is 0 Å². The molecule has 1 aliphatic rings. The normalized spacial score (nSPS) is 15.1. The summed E-state index contributed by atoms with van der Waals surface area (Å²) < 4.78 is 27.2. The Morgan fingerprint density at radius 2 is 2.10 bits per heavy atom. The molecule has 0 unspecified atom stereocenters. The van der Waals surface area contributed by atoms with Crippen LogP contribution in [0.5, 0.6) is 0 Å². The van der Waals surface area contributed by atoms with E-state index in [4.69, 9.17) is 5.11 Å². The second kappa shape index (κ2) is 5.16. The third-order valence-corrected chi connectivity index (χ3v) is 4.86. The minimum atomic E-state index is -3.68. The number of sulfonamides is 1. The molecule has 6 nitrogen and oxygen atoms in total. The molecule has 0 aliphatic carbocycles. The zero-order valence-corrected chi connectivity index (χ0v) is 12.3. The molecular weight excluding hydrogens is 280 g/mol. The van der Waals surface area contributed by atoms with Crippen molar-refractivity contribution in [2.24, 2.45) is 0 Å². The maximum atomic E-state index is 12.3. The third-order valence-electron chi connectivity index (χ3n) is 3.16. The Kier molecular flexibility index (Phi) is 3.86. The van der Waals surface area contributed by atoms with Crippen molar-refractivity contribution < 1.29 is 18.3 Å². The van der Waals surface area contributed by atoms with E-state index in [1.165, 1.54) is 12.1 Å². The molecule has 1 aromatic carbocycles. The van der Waals surface area contributed by atoms with Crippen LogP contribution >= 0.6 is 0 Å². The van der Waals surface area contributed by atoms with Crippen LogP contribution in [0.15, 0.2) is 23.1 Å². The SMILES string of the molecule is CC(C)(CCO)NS(=O)(=O)c1ccc2c(c1)CC(=O)N2. The van der Waals surface area contributed by atoms with E-state index in [9.17, 15) is 13.2 Å². The van der Waals surface area contributed by atoms with Crippen LogP contribution in [0.3, 0.4) is 0 Å². The maximum Gasteiger partial charge on any atom is 0.241 e. The molecule has 2 rings (SSSR count). The lowest BCUT2D eigenvalue weighted by Gasteiger charge is -2.25. The Morgan fingerprint density at radius 3 is 2.75 bits per heavy atom. The zero-order valence-electron chi connectivity index (χ0n) is 11.4. The molecule has 0 radical (unpaired) electrons. The highest BCUT2D eigenvalue weighted by molar-refractivity contribution is 7.89. The number of amides is 1. The summed E-state index contributed by atoms with van der Waals surface area (Å²) in [6, 6.07) is 4.56. The lowest BCUT2D eigenvalue weighted by molar-refractivity contribution is -0.115. The molecule has 7 heteroatoms. The highest BCUT2D eigenvalue weighted by atomic mass is 32.2. The first-order valence-electron chi connectivity index (χ1n) is 6.31. The van der Waals surface area contributed by atoms with E-state index in [1.807, 2.05) is 0 Å². The van der Waals surface area contributed by atoms with Gasteiger partial charge in [0.25, 0.3) is 0 Å². The molecule has 0 spiro atoms. The number of carbonyl (C=O) groups is 1. The predicted octanol–water partition coefficient (Wildman–Crippen LogP) is 0.620. The highest BCUT2D eigenvalue weighted by Gasteiger charge is 2.27. The molecule has 0 atom stereocenters. The molecule has 1 aromatic rings. The molecule has 0 fully saturated rings. The summed E-state index contributed by atoms with van der Waals surface area (Å²) in [4.78, 5) is 11.4. The van der Waals surface area contributed by atoms with Crippen molar-refractivity contribution in [3.05, 3.63) is 23.8 Å². The fourth-order valence-corrected chi connectivity index (χ4v) is 3.62. The van der Waals surface area contributed by atoms with E-state index in [0.717, 1.165) is 0 Å². The van der Waals surface area contributed by atoms with Gasteiger partial charge in [0, 0.05) is 17.8 Å². The van der Waals surface area contributed by atoms with Gasteiger partial charge in [-0.15, -0.1) is 0 Å². The molecule has 20 heavy (non-hydrogen) atoms. The van der Waals surface area contributed by atoms with Crippen LogP contribution in [-0.4, -0.2) is 31.6 Å². The Balaban J connectivity index is 2.27. The summed E-state index contributed by atoms with van der Waals surface area (Å²) in [5.41, 5.74) is 0.599. The maximum absolute atomic E-state index is 12.3. The fraction of sp³-hybridized carbons (Fsp3) is 0.462. The monoisotopic (exact) mass is 298 g/mol. The number of aliphatic hydroxyl groups is 1. The van der Waals surface area contributed by atoms with E-state index >= 15 is 0 Å². The molecule has 0 aromatic heterocycles. The molecule has 1 amide bonds. The number of nitrogens with one attached hydrogen (secondary N) is 2. The second-order valence-electron chi connectivity index (χ2n) is 5.51. The fourth-order valence-electron chi connectivity index (χ4n) is 2.13. The molecule has 110 valence electrons. The molecule has 0 saturated carbocycles. The van der Waals surface area contributed by atoms with Crippen LogP contribution in [-0.2, 0) is 21.2 Å². The number of hydrogen-bond acceptors (Lipinski definition) is 4. The lowest BCUT2D eigenvalue weighted by Crippen LogP contribution is -2.43. The first kappa shape index (κ1) is 15.0. The second-order valence-corrected chi connectivity index (χ2v) is 7.19. The van der Waals surface area contributed by atoms with Gasteiger partial charge in [0.15, 0.2) is 0 Å². The van der Waals surface area contributed by atoms with Crippen molar-refractivity contribution in [2.75, 3.05) is 11.9 Å². The van der Waals surface area contributed by atoms with Crippen molar-refractivity contribution in [2.45, 2.75) is 37.1 Å². The van der Waals surface area contributed by atoms with Gasteiger partial charge >= 0.3 is 0 Å². The Hall–Kier alpha value is -1.44. The van der Waals surface area contributed by atoms with Gasteiger partial charge in [0.1, 0.15) is 0 Å². The van der Waals surface area contributed by atoms with E-state index in [2.05, 4.69) is 10.0 Å². The molecule has 1 aliphatic heterocycles. The number of rotatable bonds is 5. The number of aliphatic hydroxyl groups excluding tert-OH is 1. The third kappa shape index (κ3) is 3.17. The van der Waals surface area contributed by atoms with Crippen molar-refractivity contribution in [3.63, 3.8) is 0 Å². The van der Waals surface area contributed by atoms with E-state index in [-0.39, 0.29) is 23.8 Å². The molecule has 0 saturated heterocycles.